The summed E-state index contributed by atoms with van der Waals surface area (Å²) in [6.07, 6.45) is 2.01. The van der Waals surface area contributed by atoms with Crippen molar-refractivity contribution in [3.05, 3.63) is 102 Å². The van der Waals surface area contributed by atoms with E-state index >= 15 is 0 Å². The van der Waals surface area contributed by atoms with Gasteiger partial charge in [0.25, 0.3) is 0 Å². The van der Waals surface area contributed by atoms with Gasteiger partial charge < -0.3 is 11.1 Å². The van der Waals surface area contributed by atoms with Crippen molar-refractivity contribution in [3.63, 3.8) is 0 Å². The van der Waals surface area contributed by atoms with Crippen LogP contribution >= 0.6 is 0 Å². The minimum Gasteiger partial charge on any atom is -0.366 e. The van der Waals surface area contributed by atoms with E-state index in [1.807, 2.05) is 83.5 Å². The van der Waals surface area contributed by atoms with Gasteiger partial charge in [-0.1, -0.05) is 48.5 Å². The highest BCUT2D eigenvalue weighted by atomic mass is 16.2. The minimum absolute atomic E-state index is 0.152. The molecule has 1 heterocycles. The first-order chi connectivity index (χ1) is 16.0. The molecular formula is C26H25N5O2. The molecule has 7 heteroatoms. The number of hydrogen-bond donors (Lipinski definition) is 2. The van der Waals surface area contributed by atoms with E-state index in [0.717, 1.165) is 22.5 Å². The zero-order chi connectivity index (χ0) is 23.2. The van der Waals surface area contributed by atoms with Gasteiger partial charge in [-0.15, -0.1) is 0 Å². The van der Waals surface area contributed by atoms with E-state index in [-0.39, 0.29) is 12.5 Å². The van der Waals surface area contributed by atoms with E-state index in [1.165, 1.54) is 0 Å². The van der Waals surface area contributed by atoms with Crippen LogP contribution < -0.4 is 11.1 Å². The van der Waals surface area contributed by atoms with Crippen LogP contribution in [-0.2, 0) is 11.3 Å². The van der Waals surface area contributed by atoms with Gasteiger partial charge in [-0.25, -0.2) is 4.68 Å². The van der Waals surface area contributed by atoms with Gasteiger partial charge >= 0.3 is 0 Å². The summed E-state index contributed by atoms with van der Waals surface area (Å²) in [5.41, 5.74) is 10.2. The lowest BCUT2D eigenvalue weighted by Gasteiger charge is -2.16. The molecule has 4 rings (SSSR count). The number of benzene rings is 3. The SMILES string of the molecule is CN(CC(=O)Nc1ccc(C(N)=O)cc1)Cc1cn(-c2ccccc2)nc1-c1ccccc1. The monoisotopic (exact) mass is 439 g/mol. The first-order valence-electron chi connectivity index (χ1n) is 10.6. The Morgan fingerprint density at radius 3 is 2.21 bits per heavy atom. The molecule has 0 radical (unpaired) electrons. The average molecular weight is 440 g/mol. The molecule has 3 N–H and O–H groups in total. The van der Waals surface area contributed by atoms with Crippen LogP contribution in [0.5, 0.6) is 0 Å². The maximum atomic E-state index is 12.5. The van der Waals surface area contributed by atoms with Crippen LogP contribution in [0, 0.1) is 0 Å². The molecule has 0 aliphatic rings. The zero-order valence-corrected chi connectivity index (χ0v) is 18.3. The lowest BCUT2D eigenvalue weighted by Crippen LogP contribution is -2.29. The summed E-state index contributed by atoms with van der Waals surface area (Å²) in [4.78, 5) is 25.7. The van der Waals surface area contributed by atoms with Crippen LogP contribution in [0.4, 0.5) is 5.69 Å². The maximum absolute atomic E-state index is 12.5. The Hall–Kier alpha value is -4.23. The van der Waals surface area contributed by atoms with Crippen molar-refractivity contribution in [2.24, 2.45) is 5.73 Å². The molecule has 0 aliphatic heterocycles. The maximum Gasteiger partial charge on any atom is 0.248 e. The summed E-state index contributed by atoms with van der Waals surface area (Å²) in [5, 5.41) is 7.67. The predicted octanol–water partition coefficient (Wildman–Crippen LogP) is 3.71. The number of amides is 2. The molecule has 0 unspecified atom stereocenters. The number of nitrogens with two attached hydrogens (primary N) is 1. The summed E-state index contributed by atoms with van der Waals surface area (Å²) >= 11 is 0. The largest absolute Gasteiger partial charge is 0.366 e. The second kappa shape index (κ2) is 9.93. The number of anilines is 1. The number of nitrogens with zero attached hydrogens (tertiary/aromatic N) is 3. The highest BCUT2D eigenvalue weighted by Gasteiger charge is 2.16. The van der Waals surface area contributed by atoms with E-state index < -0.39 is 5.91 Å². The molecule has 4 aromatic rings. The van der Waals surface area contributed by atoms with Crippen molar-refractivity contribution in [2.45, 2.75) is 6.54 Å². The third-order valence-corrected chi connectivity index (χ3v) is 5.16. The number of aromatic nitrogens is 2. The van der Waals surface area contributed by atoms with E-state index in [4.69, 9.17) is 10.8 Å². The first-order valence-corrected chi connectivity index (χ1v) is 10.6. The van der Waals surface area contributed by atoms with Crippen LogP contribution in [0.1, 0.15) is 15.9 Å². The smallest absolute Gasteiger partial charge is 0.248 e. The fourth-order valence-electron chi connectivity index (χ4n) is 3.59. The summed E-state index contributed by atoms with van der Waals surface area (Å²) in [6.45, 7) is 0.743. The summed E-state index contributed by atoms with van der Waals surface area (Å²) in [5.74, 6) is -0.654. The van der Waals surface area contributed by atoms with Crippen molar-refractivity contribution in [1.82, 2.24) is 14.7 Å². The fourth-order valence-corrected chi connectivity index (χ4v) is 3.59. The van der Waals surface area contributed by atoms with Gasteiger partial charge in [0.05, 0.1) is 17.9 Å². The molecular weight excluding hydrogens is 414 g/mol. The quantitative estimate of drug-likeness (QED) is 0.438. The van der Waals surface area contributed by atoms with Crippen LogP contribution in [-0.4, -0.2) is 40.1 Å². The average Bonchev–Trinajstić information content (AvgIpc) is 3.24. The third-order valence-electron chi connectivity index (χ3n) is 5.16. The molecule has 0 saturated heterocycles. The highest BCUT2D eigenvalue weighted by molar-refractivity contribution is 5.95. The number of primary amides is 1. The minimum atomic E-state index is -0.502. The Kier molecular flexibility index (Phi) is 6.61. The van der Waals surface area contributed by atoms with Crippen molar-refractivity contribution in [1.29, 1.82) is 0 Å². The summed E-state index contributed by atoms with van der Waals surface area (Å²) < 4.78 is 1.87. The molecule has 3 aromatic carbocycles. The Morgan fingerprint density at radius 2 is 1.58 bits per heavy atom. The van der Waals surface area contributed by atoms with Crippen LogP contribution in [0.3, 0.4) is 0 Å². The normalized spacial score (nSPS) is 10.8. The van der Waals surface area contributed by atoms with Gasteiger partial charge in [-0.2, -0.15) is 5.10 Å². The van der Waals surface area contributed by atoms with Crippen molar-refractivity contribution < 1.29 is 9.59 Å². The topological polar surface area (TPSA) is 93.3 Å². The number of rotatable bonds is 8. The van der Waals surface area contributed by atoms with E-state index in [1.54, 1.807) is 24.3 Å². The number of hydrogen-bond acceptors (Lipinski definition) is 4. The third kappa shape index (κ3) is 5.53. The molecule has 1 aromatic heterocycles. The number of likely N-dealkylation sites (N-methyl/N-ethyl adjacent to an activating group) is 1. The van der Waals surface area contributed by atoms with Crippen LogP contribution in [0.25, 0.3) is 16.9 Å². The van der Waals surface area contributed by atoms with E-state index in [9.17, 15) is 9.59 Å². The van der Waals surface area contributed by atoms with Gasteiger partial charge in [0.1, 0.15) is 0 Å². The van der Waals surface area contributed by atoms with Gasteiger partial charge in [0, 0.05) is 35.1 Å². The predicted molar refractivity (Wildman–Crippen MR) is 129 cm³/mol. The van der Waals surface area contributed by atoms with Gasteiger partial charge in [0.2, 0.25) is 11.8 Å². The van der Waals surface area contributed by atoms with Gasteiger partial charge in [0.15, 0.2) is 0 Å². The number of carbonyl (C=O) groups excluding carboxylic acids is 2. The summed E-state index contributed by atoms with van der Waals surface area (Å²) in [6, 6.07) is 26.5. The molecule has 0 bridgehead atoms. The van der Waals surface area contributed by atoms with Crippen LogP contribution in [0.2, 0.25) is 0 Å². The first kappa shape index (κ1) is 22.0. The number of nitrogens with one attached hydrogen (secondary N) is 1. The van der Waals surface area contributed by atoms with E-state index in [2.05, 4.69) is 5.32 Å². The second-order valence-electron chi connectivity index (χ2n) is 7.81. The Morgan fingerprint density at radius 1 is 0.939 bits per heavy atom. The molecule has 7 nitrogen and oxygen atoms in total. The molecule has 0 saturated carbocycles. The number of para-hydroxylation sites is 1. The van der Waals surface area contributed by atoms with Crippen molar-refractivity contribution in [2.75, 3.05) is 18.9 Å². The van der Waals surface area contributed by atoms with Crippen LogP contribution in [0.15, 0.2) is 91.1 Å². The molecule has 0 fully saturated rings. The van der Waals surface area contributed by atoms with E-state index in [0.29, 0.717) is 17.8 Å². The Labute approximate surface area is 192 Å². The fraction of sp³-hybridized carbons (Fsp3) is 0.115. The Balaban J connectivity index is 1.48. The Bertz CT molecular complexity index is 1230. The van der Waals surface area contributed by atoms with Crippen molar-refractivity contribution in [3.8, 4) is 16.9 Å². The molecule has 2 amide bonds. The molecule has 33 heavy (non-hydrogen) atoms. The highest BCUT2D eigenvalue weighted by Crippen LogP contribution is 2.24. The zero-order valence-electron chi connectivity index (χ0n) is 18.3. The lowest BCUT2D eigenvalue weighted by molar-refractivity contribution is -0.117. The van der Waals surface area contributed by atoms with Crippen molar-refractivity contribution >= 4 is 17.5 Å². The summed E-state index contributed by atoms with van der Waals surface area (Å²) in [7, 11) is 1.89. The standard InChI is InChI=1S/C26H25N5O2/c1-30(18-24(32)28-22-14-12-20(13-15-22)26(27)33)16-21-17-31(23-10-6-3-7-11-23)29-25(21)19-8-4-2-5-9-19/h2-15,17H,16,18H2,1H3,(H2,27,33)(H,28,32). The molecule has 0 spiro atoms. The van der Waals surface area contributed by atoms with Gasteiger partial charge in [-0.3, -0.25) is 14.5 Å². The van der Waals surface area contributed by atoms with Gasteiger partial charge in [-0.05, 0) is 43.4 Å². The molecule has 166 valence electrons. The second-order valence-corrected chi connectivity index (χ2v) is 7.81. The number of carbonyl (C=O) groups is 2. The molecule has 0 atom stereocenters. The lowest BCUT2D eigenvalue weighted by atomic mass is 10.1. The molecule has 0 aliphatic carbocycles.